The Hall–Kier alpha value is -2.30. The number of hydrogen-bond acceptors (Lipinski definition) is 4. The summed E-state index contributed by atoms with van der Waals surface area (Å²) >= 11 is 6.39. The fraction of sp³-hybridized carbons (Fsp3) is 0.429. The largest absolute Gasteiger partial charge is 0.337 e. The van der Waals surface area contributed by atoms with Gasteiger partial charge in [0.05, 0.1) is 5.69 Å². The van der Waals surface area contributed by atoms with Gasteiger partial charge in [0.15, 0.2) is 0 Å². The minimum atomic E-state index is -4.20. The van der Waals surface area contributed by atoms with Gasteiger partial charge < -0.3 is 4.90 Å². The highest BCUT2D eigenvalue weighted by atomic mass is 35.5. The average molecular weight is 487 g/mol. The summed E-state index contributed by atoms with van der Waals surface area (Å²) in [7, 11) is -4.20. The lowest BCUT2D eigenvalue weighted by molar-refractivity contribution is -0.127. The molecular formula is C21H25ClF2N4O3S. The van der Waals surface area contributed by atoms with Crippen molar-refractivity contribution >= 4 is 33.6 Å². The maximum atomic E-state index is 14.0. The van der Waals surface area contributed by atoms with Crippen molar-refractivity contribution in [3.8, 4) is 0 Å². The lowest BCUT2D eigenvalue weighted by atomic mass is 10.2. The topological polar surface area (TPSA) is 75.5 Å². The Morgan fingerprint density at radius 3 is 2.50 bits per heavy atom. The molecule has 0 unspecified atom stereocenters. The summed E-state index contributed by atoms with van der Waals surface area (Å²) in [6, 6.07) is 2.30. The summed E-state index contributed by atoms with van der Waals surface area (Å²) < 4.78 is 55.5. The number of nitrogens with zero attached hydrogens (tertiary/aromatic N) is 4. The molecule has 1 aliphatic rings. The van der Waals surface area contributed by atoms with Crippen LogP contribution in [-0.2, 0) is 21.4 Å². The first-order valence-electron chi connectivity index (χ1n) is 10.2. The molecule has 0 aliphatic carbocycles. The smallest absolute Gasteiger partial charge is 0.246 e. The van der Waals surface area contributed by atoms with Crippen LogP contribution in [0.4, 0.5) is 8.78 Å². The van der Waals surface area contributed by atoms with E-state index in [9.17, 15) is 22.0 Å². The number of sulfonamides is 1. The molecule has 0 N–H and O–H groups in total. The summed E-state index contributed by atoms with van der Waals surface area (Å²) in [6.07, 6.45) is 2.99. The molecule has 1 aliphatic heterocycles. The molecule has 1 aromatic heterocycles. The van der Waals surface area contributed by atoms with E-state index in [1.807, 2.05) is 6.92 Å². The molecule has 1 fully saturated rings. The highest BCUT2D eigenvalue weighted by Crippen LogP contribution is 2.24. The molecule has 1 aromatic carbocycles. The van der Waals surface area contributed by atoms with Crippen LogP contribution < -0.4 is 0 Å². The molecule has 1 amide bonds. The van der Waals surface area contributed by atoms with Gasteiger partial charge in [-0.3, -0.25) is 9.48 Å². The summed E-state index contributed by atoms with van der Waals surface area (Å²) in [4.78, 5) is 13.4. The minimum Gasteiger partial charge on any atom is -0.337 e. The quantitative estimate of drug-likeness (QED) is 0.587. The van der Waals surface area contributed by atoms with Crippen LogP contribution in [0.2, 0.25) is 5.15 Å². The van der Waals surface area contributed by atoms with Crippen molar-refractivity contribution in [3.63, 3.8) is 0 Å². The van der Waals surface area contributed by atoms with Crippen molar-refractivity contribution in [1.29, 1.82) is 0 Å². The van der Waals surface area contributed by atoms with Crippen molar-refractivity contribution in [3.05, 3.63) is 52.3 Å². The maximum absolute atomic E-state index is 14.0. The van der Waals surface area contributed by atoms with Gasteiger partial charge in [0.25, 0.3) is 0 Å². The van der Waals surface area contributed by atoms with E-state index in [1.165, 1.54) is 11.0 Å². The number of benzene rings is 1. The number of hydrogen-bond donors (Lipinski definition) is 0. The molecule has 0 spiro atoms. The highest BCUT2D eigenvalue weighted by molar-refractivity contribution is 7.89. The zero-order valence-corrected chi connectivity index (χ0v) is 19.6. The summed E-state index contributed by atoms with van der Waals surface area (Å²) in [5.74, 6) is -1.79. The Bertz CT molecular complexity index is 1140. The SMILES string of the molecule is Cc1nn(CC(C)C)c(Cl)c1/C=C/C(=O)N1CCN(S(=O)(=O)c2cc(F)ccc2F)CC1. The van der Waals surface area contributed by atoms with Gasteiger partial charge in [0.1, 0.15) is 21.7 Å². The van der Waals surface area contributed by atoms with E-state index in [0.717, 1.165) is 16.4 Å². The van der Waals surface area contributed by atoms with Crippen LogP contribution in [0.5, 0.6) is 0 Å². The predicted octanol–water partition coefficient (Wildman–Crippen LogP) is 3.33. The summed E-state index contributed by atoms with van der Waals surface area (Å²) in [5.41, 5.74) is 1.36. The summed E-state index contributed by atoms with van der Waals surface area (Å²) in [5, 5.41) is 4.85. The van der Waals surface area contributed by atoms with Gasteiger partial charge in [-0.05, 0) is 37.1 Å². The van der Waals surface area contributed by atoms with Crippen molar-refractivity contribution in [1.82, 2.24) is 19.0 Å². The lowest BCUT2D eigenvalue weighted by Gasteiger charge is -2.33. The van der Waals surface area contributed by atoms with Crippen molar-refractivity contribution in [2.24, 2.45) is 5.92 Å². The zero-order valence-electron chi connectivity index (χ0n) is 18.1. The number of halogens is 3. The van der Waals surface area contributed by atoms with E-state index in [1.54, 1.807) is 10.8 Å². The van der Waals surface area contributed by atoms with Gasteiger partial charge >= 0.3 is 0 Å². The van der Waals surface area contributed by atoms with Crippen molar-refractivity contribution in [2.75, 3.05) is 26.2 Å². The van der Waals surface area contributed by atoms with Gasteiger partial charge in [-0.1, -0.05) is 25.4 Å². The van der Waals surface area contributed by atoms with Crippen LogP contribution in [0, 0.1) is 24.5 Å². The van der Waals surface area contributed by atoms with Gasteiger partial charge in [-0.25, -0.2) is 17.2 Å². The first kappa shape index (κ1) is 24.3. The number of rotatable bonds is 6. The van der Waals surface area contributed by atoms with E-state index in [0.29, 0.717) is 34.9 Å². The maximum Gasteiger partial charge on any atom is 0.246 e. The molecule has 3 rings (SSSR count). The molecule has 174 valence electrons. The Labute approximate surface area is 191 Å². The molecule has 0 bridgehead atoms. The molecule has 2 aromatic rings. The number of aryl methyl sites for hydroxylation is 1. The molecular weight excluding hydrogens is 462 g/mol. The van der Waals surface area contributed by atoms with Crippen LogP contribution in [0.1, 0.15) is 25.1 Å². The fourth-order valence-corrected chi connectivity index (χ4v) is 5.25. The van der Waals surface area contributed by atoms with Crippen LogP contribution >= 0.6 is 11.6 Å². The molecule has 0 radical (unpaired) electrons. The summed E-state index contributed by atoms with van der Waals surface area (Å²) in [6.45, 7) is 6.76. The van der Waals surface area contributed by atoms with E-state index in [4.69, 9.17) is 11.6 Å². The van der Waals surface area contributed by atoms with Gasteiger partial charge in [0.2, 0.25) is 15.9 Å². The highest BCUT2D eigenvalue weighted by Gasteiger charge is 2.32. The van der Waals surface area contributed by atoms with E-state index >= 15 is 0 Å². The van der Waals surface area contributed by atoms with Gasteiger partial charge in [-0.2, -0.15) is 9.40 Å². The second-order valence-electron chi connectivity index (χ2n) is 8.00. The fourth-order valence-electron chi connectivity index (χ4n) is 3.45. The standard InChI is InChI=1S/C21H25ClF2N4O3S/c1-14(2)13-28-21(22)17(15(3)25-28)5-7-20(29)26-8-10-27(11-9-26)32(30,31)19-12-16(23)4-6-18(19)24/h4-7,12,14H,8-11,13H2,1-3H3/b7-5+. The monoisotopic (exact) mass is 486 g/mol. The Morgan fingerprint density at radius 1 is 1.22 bits per heavy atom. The molecule has 1 saturated heterocycles. The predicted molar refractivity (Wildman–Crippen MR) is 118 cm³/mol. The number of piperazine rings is 1. The van der Waals surface area contributed by atoms with Crippen molar-refractivity contribution in [2.45, 2.75) is 32.2 Å². The minimum absolute atomic E-state index is 0.0238. The number of amides is 1. The zero-order chi connectivity index (χ0) is 23.6. The number of aromatic nitrogens is 2. The number of carbonyl (C=O) groups excluding carboxylic acids is 1. The molecule has 0 saturated carbocycles. The van der Waals surface area contributed by atoms with Crippen LogP contribution in [0.25, 0.3) is 6.08 Å². The second kappa shape index (κ2) is 9.68. The molecule has 11 heteroatoms. The van der Waals surface area contributed by atoms with E-state index in [2.05, 4.69) is 18.9 Å². The normalized spacial score (nSPS) is 15.8. The molecule has 0 atom stereocenters. The van der Waals surface area contributed by atoms with Gasteiger partial charge in [-0.15, -0.1) is 0 Å². The van der Waals surface area contributed by atoms with Crippen LogP contribution in [-0.4, -0.2) is 59.5 Å². The van der Waals surface area contributed by atoms with Gasteiger partial charge in [0, 0.05) is 44.4 Å². The Morgan fingerprint density at radius 2 is 1.88 bits per heavy atom. The molecule has 32 heavy (non-hydrogen) atoms. The Kier molecular flexibility index (Phi) is 7.36. The number of carbonyl (C=O) groups is 1. The second-order valence-corrected chi connectivity index (χ2v) is 10.3. The third kappa shape index (κ3) is 5.19. The van der Waals surface area contributed by atoms with Crippen molar-refractivity contribution < 1.29 is 22.0 Å². The Balaban J connectivity index is 1.66. The lowest BCUT2D eigenvalue weighted by Crippen LogP contribution is -2.50. The third-order valence-corrected chi connectivity index (χ3v) is 7.41. The van der Waals surface area contributed by atoms with Crippen LogP contribution in [0.15, 0.2) is 29.2 Å². The first-order valence-corrected chi connectivity index (χ1v) is 12.0. The van der Waals surface area contributed by atoms with Crippen LogP contribution in [0.3, 0.4) is 0 Å². The third-order valence-electron chi connectivity index (χ3n) is 5.10. The first-order chi connectivity index (χ1) is 15.0. The average Bonchev–Trinajstić information content (AvgIpc) is 3.00. The molecule has 2 heterocycles. The van der Waals surface area contributed by atoms with E-state index in [-0.39, 0.29) is 32.1 Å². The van der Waals surface area contributed by atoms with E-state index < -0.39 is 26.6 Å². The molecule has 7 nitrogen and oxygen atoms in total.